The fourth-order valence-corrected chi connectivity index (χ4v) is 6.92. The number of hydrogen-bond acceptors (Lipinski definition) is 6. The maximum atomic E-state index is 5.13. The quantitative estimate of drug-likeness (QED) is 0.516. The van der Waals surface area contributed by atoms with Gasteiger partial charge in [-0.05, 0) is 79.7 Å². The number of nitrogens with one attached hydrogen (secondary N) is 1. The van der Waals surface area contributed by atoms with Crippen LogP contribution in [0.1, 0.15) is 17.5 Å². The van der Waals surface area contributed by atoms with Gasteiger partial charge in [0.1, 0.15) is 5.82 Å². The second-order valence-corrected chi connectivity index (χ2v) is 11.7. The largest absolute Gasteiger partial charge is 0.370 e. The van der Waals surface area contributed by atoms with E-state index < -0.39 is 0 Å². The molecule has 0 saturated carbocycles. The van der Waals surface area contributed by atoms with Crippen LogP contribution in [-0.2, 0) is 6.42 Å². The van der Waals surface area contributed by atoms with Crippen LogP contribution in [0.3, 0.4) is 0 Å². The Morgan fingerprint density at radius 2 is 1.82 bits per heavy atom. The number of hydrogen-bond donors (Lipinski definition) is 1. The van der Waals surface area contributed by atoms with Crippen molar-refractivity contribution in [3.8, 4) is 11.3 Å². The molecule has 1 spiro atoms. The third-order valence-electron chi connectivity index (χ3n) is 9.13. The second kappa shape index (κ2) is 6.92. The number of piperidine rings is 1. The number of pyridine rings is 2. The first kappa shape index (κ1) is 19.6. The molecule has 0 radical (unpaired) electrons. The van der Waals surface area contributed by atoms with E-state index in [1.807, 2.05) is 6.20 Å². The van der Waals surface area contributed by atoms with Crippen LogP contribution in [0.25, 0.3) is 22.2 Å². The predicted molar refractivity (Wildman–Crippen MR) is 137 cm³/mol. The van der Waals surface area contributed by atoms with Crippen molar-refractivity contribution in [2.45, 2.75) is 12.8 Å². The van der Waals surface area contributed by atoms with E-state index in [0.29, 0.717) is 5.41 Å². The molecule has 0 bridgehead atoms. The number of nitrogens with zero attached hydrogens (tertiary/aromatic N) is 5. The Morgan fingerprint density at radius 1 is 0.971 bits per heavy atom. The highest BCUT2D eigenvalue weighted by Crippen LogP contribution is 2.42. The van der Waals surface area contributed by atoms with E-state index in [2.05, 4.69) is 57.4 Å². The van der Waals surface area contributed by atoms with Crippen LogP contribution in [0.4, 0.5) is 11.5 Å². The molecule has 0 amide bonds. The van der Waals surface area contributed by atoms with Gasteiger partial charge in [0.2, 0.25) is 0 Å². The molecule has 174 valence electrons. The Morgan fingerprint density at radius 3 is 2.62 bits per heavy atom. The van der Waals surface area contributed by atoms with E-state index in [0.717, 1.165) is 73.6 Å². The summed E-state index contributed by atoms with van der Waals surface area (Å²) in [5.74, 6) is 2.69. The Balaban J connectivity index is 1.13. The molecule has 3 aromatic rings. The maximum absolute atomic E-state index is 5.13. The van der Waals surface area contributed by atoms with Crippen molar-refractivity contribution in [3.05, 3.63) is 47.7 Å². The number of anilines is 2. The van der Waals surface area contributed by atoms with Gasteiger partial charge in [-0.1, -0.05) is 0 Å². The molecule has 2 unspecified atom stereocenters. The van der Waals surface area contributed by atoms with E-state index in [4.69, 9.17) is 9.97 Å². The van der Waals surface area contributed by atoms with Crippen molar-refractivity contribution in [1.29, 1.82) is 0 Å². The lowest BCUT2D eigenvalue weighted by atomic mass is 9.74. The smallest absolute Gasteiger partial charge is 0.128 e. The molecule has 6 heteroatoms. The van der Waals surface area contributed by atoms with E-state index in [-0.39, 0.29) is 0 Å². The topological polar surface area (TPSA) is 47.5 Å². The van der Waals surface area contributed by atoms with Crippen LogP contribution in [-0.4, -0.2) is 74.3 Å². The molecule has 6 nitrogen and oxygen atoms in total. The number of fused-ring (bicyclic) bond motifs is 3. The zero-order valence-electron chi connectivity index (χ0n) is 19.9. The normalized spacial score (nSPS) is 26.9. The van der Waals surface area contributed by atoms with E-state index >= 15 is 0 Å². The molecule has 4 saturated heterocycles. The Kier molecular flexibility index (Phi) is 3.99. The summed E-state index contributed by atoms with van der Waals surface area (Å²) in [4.78, 5) is 17.6. The second-order valence-electron chi connectivity index (χ2n) is 11.7. The fourth-order valence-electron chi connectivity index (χ4n) is 6.92. The zero-order valence-corrected chi connectivity index (χ0v) is 19.9. The van der Waals surface area contributed by atoms with Gasteiger partial charge in [0.05, 0.1) is 11.2 Å². The number of aromatic nitrogens is 2. The summed E-state index contributed by atoms with van der Waals surface area (Å²) in [6, 6.07) is 11.5. The van der Waals surface area contributed by atoms with Crippen LogP contribution < -0.4 is 15.1 Å². The number of benzene rings is 1. The summed E-state index contributed by atoms with van der Waals surface area (Å²) in [6.07, 6.45) is 4.48. The number of likely N-dealkylation sites (tertiary alicyclic amines) is 1. The predicted octanol–water partition coefficient (Wildman–Crippen LogP) is 3.00. The third-order valence-corrected chi connectivity index (χ3v) is 9.13. The maximum Gasteiger partial charge on any atom is 0.128 e. The molecule has 34 heavy (non-hydrogen) atoms. The van der Waals surface area contributed by atoms with E-state index in [1.165, 1.54) is 48.3 Å². The Labute approximate surface area is 201 Å². The summed E-state index contributed by atoms with van der Waals surface area (Å²) in [7, 11) is 2.27. The molecule has 6 heterocycles. The van der Waals surface area contributed by atoms with Gasteiger partial charge in [-0.3, -0.25) is 0 Å². The molecular formula is C28H32N6. The minimum atomic E-state index is 0.514. The van der Waals surface area contributed by atoms with Gasteiger partial charge in [0, 0.05) is 74.1 Å². The van der Waals surface area contributed by atoms with Crippen LogP contribution in [0.15, 0.2) is 36.5 Å². The molecule has 8 rings (SSSR count). The highest BCUT2D eigenvalue weighted by molar-refractivity contribution is 5.96. The lowest BCUT2D eigenvalue weighted by Gasteiger charge is -2.56. The molecular weight excluding hydrogens is 420 g/mol. The Bertz CT molecular complexity index is 1290. The summed E-state index contributed by atoms with van der Waals surface area (Å²) in [5.41, 5.74) is 8.16. The van der Waals surface area contributed by atoms with Gasteiger partial charge < -0.3 is 20.0 Å². The summed E-state index contributed by atoms with van der Waals surface area (Å²) in [5, 5.41) is 4.74. The number of rotatable bonds is 3. The molecule has 4 aliphatic heterocycles. The van der Waals surface area contributed by atoms with Gasteiger partial charge >= 0.3 is 0 Å². The highest BCUT2D eigenvalue weighted by atomic mass is 15.3. The van der Waals surface area contributed by atoms with Gasteiger partial charge in [-0.2, -0.15) is 0 Å². The molecule has 2 aromatic heterocycles. The van der Waals surface area contributed by atoms with Crippen molar-refractivity contribution in [2.24, 2.45) is 17.3 Å². The summed E-state index contributed by atoms with van der Waals surface area (Å²) in [6.45, 7) is 9.37. The summed E-state index contributed by atoms with van der Waals surface area (Å²) < 4.78 is 0. The average Bonchev–Trinajstić information content (AvgIpc) is 3.42. The van der Waals surface area contributed by atoms with Crippen LogP contribution in [0.2, 0.25) is 0 Å². The lowest BCUT2D eigenvalue weighted by molar-refractivity contribution is 0.120. The standard InChI is InChI=1S/C28H32N6/c1-32-5-4-19-12-33(13-22(19)11-32)26-9-24(31-25-8-21-6-20(21)7-23(25)26)18-2-3-27(30-10-18)34-16-28(17-34)14-29-15-28/h2-3,7-10,19,22,29H,4-6,11-17H2,1H3. The van der Waals surface area contributed by atoms with Crippen LogP contribution in [0.5, 0.6) is 0 Å². The van der Waals surface area contributed by atoms with Crippen molar-refractivity contribution < 1.29 is 0 Å². The molecule has 2 atom stereocenters. The van der Waals surface area contributed by atoms with Crippen molar-refractivity contribution in [3.63, 3.8) is 0 Å². The first-order valence-corrected chi connectivity index (χ1v) is 12.9. The van der Waals surface area contributed by atoms with Gasteiger partial charge in [0.25, 0.3) is 0 Å². The van der Waals surface area contributed by atoms with Gasteiger partial charge in [-0.15, -0.1) is 0 Å². The monoisotopic (exact) mass is 452 g/mol. The van der Waals surface area contributed by atoms with Crippen molar-refractivity contribution >= 4 is 22.4 Å². The summed E-state index contributed by atoms with van der Waals surface area (Å²) >= 11 is 0. The SMILES string of the molecule is CN1CCC2CN(c3cc(-c4ccc(N5CC6(CNC6)C5)nc4)nc4cc5c(cc34)C5)CC2C1. The average molecular weight is 453 g/mol. The van der Waals surface area contributed by atoms with Crippen LogP contribution in [0, 0.1) is 17.3 Å². The van der Waals surface area contributed by atoms with Gasteiger partial charge in [-0.25, -0.2) is 9.97 Å². The minimum Gasteiger partial charge on any atom is -0.370 e. The molecule has 1 aliphatic carbocycles. The van der Waals surface area contributed by atoms with Crippen molar-refractivity contribution in [2.75, 3.05) is 69.2 Å². The Hall–Kier alpha value is -2.70. The third kappa shape index (κ3) is 3.01. The van der Waals surface area contributed by atoms with E-state index in [1.54, 1.807) is 0 Å². The van der Waals surface area contributed by atoms with E-state index in [9.17, 15) is 0 Å². The van der Waals surface area contributed by atoms with Gasteiger partial charge in [0.15, 0.2) is 0 Å². The van der Waals surface area contributed by atoms with Crippen LogP contribution >= 0.6 is 0 Å². The van der Waals surface area contributed by atoms with Crippen molar-refractivity contribution in [1.82, 2.24) is 20.2 Å². The minimum absolute atomic E-state index is 0.514. The molecule has 5 aliphatic rings. The molecule has 4 fully saturated rings. The lowest BCUT2D eigenvalue weighted by Crippen LogP contribution is -2.71. The molecule has 1 aromatic carbocycles. The zero-order chi connectivity index (χ0) is 22.4. The fraction of sp³-hybridized carbons (Fsp3) is 0.500. The first-order valence-electron chi connectivity index (χ1n) is 12.9. The highest BCUT2D eigenvalue weighted by Gasteiger charge is 2.47. The first-order chi connectivity index (χ1) is 16.6. The molecule has 1 N–H and O–H groups in total.